The van der Waals surface area contributed by atoms with Crippen molar-refractivity contribution in [3.63, 3.8) is 0 Å². The predicted octanol–water partition coefficient (Wildman–Crippen LogP) is 3.07. The molecule has 2 aromatic heterocycles. The van der Waals surface area contributed by atoms with Gasteiger partial charge < -0.3 is 4.74 Å². The zero-order chi connectivity index (χ0) is 12.4. The van der Waals surface area contributed by atoms with Crippen molar-refractivity contribution in [3.8, 4) is 5.75 Å². The number of pyridine rings is 1. The molecule has 1 aromatic carbocycles. The Labute approximate surface area is 112 Å². The molecule has 5 heteroatoms. The first kappa shape index (κ1) is 11.2. The molecule has 0 bridgehead atoms. The van der Waals surface area contributed by atoms with E-state index >= 15 is 0 Å². The number of ether oxygens (including phenoxy) is 1. The summed E-state index contributed by atoms with van der Waals surface area (Å²) in [6.45, 7) is 0.359. The summed E-state index contributed by atoms with van der Waals surface area (Å²) >= 11 is 3.44. The summed E-state index contributed by atoms with van der Waals surface area (Å²) in [6, 6.07) is 13.5. The Kier molecular flexibility index (Phi) is 2.98. The van der Waals surface area contributed by atoms with Crippen LogP contribution in [0.2, 0.25) is 0 Å². The van der Waals surface area contributed by atoms with Gasteiger partial charge in [-0.05, 0) is 40.2 Å². The average molecular weight is 304 g/mol. The van der Waals surface area contributed by atoms with Gasteiger partial charge in [0.25, 0.3) is 0 Å². The molecule has 0 radical (unpaired) electrons. The smallest absolute Gasteiger partial charge is 0.189 e. The number of para-hydroxylation sites is 1. The molecule has 0 saturated carbocycles. The SMILES string of the molecule is Brc1cccn2nc(COc3ccccc3)nc12. The molecule has 0 aliphatic rings. The van der Waals surface area contributed by atoms with Gasteiger partial charge in [-0.25, -0.2) is 9.50 Å². The van der Waals surface area contributed by atoms with Crippen LogP contribution in [0.25, 0.3) is 5.65 Å². The molecule has 0 unspecified atom stereocenters. The minimum absolute atomic E-state index is 0.359. The van der Waals surface area contributed by atoms with Crippen LogP contribution in [0, 0.1) is 0 Å². The van der Waals surface area contributed by atoms with Crippen LogP contribution in [-0.2, 0) is 6.61 Å². The molecule has 2 heterocycles. The maximum absolute atomic E-state index is 5.61. The van der Waals surface area contributed by atoms with E-state index in [2.05, 4.69) is 26.0 Å². The molecule has 90 valence electrons. The first-order chi connectivity index (χ1) is 8.83. The fourth-order valence-electron chi connectivity index (χ4n) is 1.64. The highest BCUT2D eigenvalue weighted by Gasteiger charge is 2.06. The molecule has 0 amide bonds. The molecule has 4 nitrogen and oxygen atoms in total. The van der Waals surface area contributed by atoms with Crippen LogP contribution in [-0.4, -0.2) is 14.6 Å². The molecule has 18 heavy (non-hydrogen) atoms. The van der Waals surface area contributed by atoms with Crippen LogP contribution < -0.4 is 4.74 Å². The first-order valence-corrected chi connectivity index (χ1v) is 6.30. The van der Waals surface area contributed by atoms with Crippen LogP contribution in [0.5, 0.6) is 5.75 Å². The van der Waals surface area contributed by atoms with E-state index in [4.69, 9.17) is 4.74 Å². The topological polar surface area (TPSA) is 39.4 Å². The second-order valence-electron chi connectivity index (χ2n) is 3.75. The summed E-state index contributed by atoms with van der Waals surface area (Å²) in [5.74, 6) is 1.47. The average Bonchev–Trinajstić information content (AvgIpc) is 2.82. The Morgan fingerprint density at radius 2 is 1.94 bits per heavy atom. The number of halogens is 1. The van der Waals surface area contributed by atoms with Crippen LogP contribution in [0.15, 0.2) is 53.1 Å². The molecule has 3 aromatic rings. The molecular formula is C13H10BrN3O. The third-order valence-electron chi connectivity index (χ3n) is 2.47. The molecule has 0 aliphatic carbocycles. The van der Waals surface area contributed by atoms with Gasteiger partial charge in [0.15, 0.2) is 11.5 Å². The third kappa shape index (κ3) is 2.22. The van der Waals surface area contributed by atoms with E-state index in [0.29, 0.717) is 12.4 Å². The van der Waals surface area contributed by atoms with Crippen LogP contribution in [0.4, 0.5) is 0 Å². The number of fused-ring (bicyclic) bond motifs is 1. The van der Waals surface area contributed by atoms with E-state index in [1.165, 1.54) is 0 Å². The molecule has 3 rings (SSSR count). The standard InChI is InChI=1S/C13H10BrN3O/c14-11-7-4-8-17-13(11)15-12(16-17)9-18-10-5-2-1-3-6-10/h1-8H,9H2. The summed E-state index contributed by atoms with van der Waals surface area (Å²) in [4.78, 5) is 4.41. The van der Waals surface area contributed by atoms with Crippen molar-refractivity contribution in [1.82, 2.24) is 14.6 Å². The summed E-state index contributed by atoms with van der Waals surface area (Å²) in [7, 11) is 0. The van der Waals surface area contributed by atoms with E-state index < -0.39 is 0 Å². The Bertz CT molecular complexity index is 666. The van der Waals surface area contributed by atoms with Gasteiger partial charge in [-0.1, -0.05) is 18.2 Å². The molecule has 0 aliphatic heterocycles. The van der Waals surface area contributed by atoms with E-state index in [0.717, 1.165) is 15.9 Å². The molecule has 0 N–H and O–H groups in total. The van der Waals surface area contributed by atoms with Crippen LogP contribution in [0.1, 0.15) is 5.82 Å². The third-order valence-corrected chi connectivity index (χ3v) is 3.09. The number of nitrogens with zero attached hydrogens (tertiary/aromatic N) is 3. The fraction of sp³-hybridized carbons (Fsp3) is 0.0769. The van der Waals surface area contributed by atoms with Crippen molar-refractivity contribution in [3.05, 3.63) is 59.0 Å². The van der Waals surface area contributed by atoms with Gasteiger partial charge in [0.05, 0.1) is 4.47 Å². The largest absolute Gasteiger partial charge is 0.486 e. The fourth-order valence-corrected chi connectivity index (χ4v) is 2.07. The lowest BCUT2D eigenvalue weighted by molar-refractivity contribution is 0.296. The number of aromatic nitrogens is 3. The van der Waals surface area contributed by atoms with Crippen molar-refractivity contribution in [1.29, 1.82) is 0 Å². The van der Waals surface area contributed by atoms with Gasteiger partial charge in [0, 0.05) is 6.20 Å². The molecular weight excluding hydrogens is 294 g/mol. The molecule has 0 spiro atoms. The number of benzene rings is 1. The monoisotopic (exact) mass is 303 g/mol. The van der Waals surface area contributed by atoms with Crippen molar-refractivity contribution in [2.75, 3.05) is 0 Å². The Balaban J connectivity index is 1.81. The van der Waals surface area contributed by atoms with E-state index in [1.807, 2.05) is 48.7 Å². The van der Waals surface area contributed by atoms with Crippen molar-refractivity contribution in [2.45, 2.75) is 6.61 Å². The number of rotatable bonds is 3. The summed E-state index contributed by atoms with van der Waals surface area (Å²) in [5, 5.41) is 4.34. The quantitative estimate of drug-likeness (QED) is 0.746. The van der Waals surface area contributed by atoms with Gasteiger partial charge in [0.2, 0.25) is 0 Å². The highest BCUT2D eigenvalue weighted by Crippen LogP contribution is 2.16. The molecule has 0 saturated heterocycles. The van der Waals surface area contributed by atoms with Gasteiger partial charge in [0.1, 0.15) is 12.4 Å². The van der Waals surface area contributed by atoms with Crippen molar-refractivity contribution < 1.29 is 4.74 Å². The number of hydrogen-bond acceptors (Lipinski definition) is 3. The first-order valence-electron chi connectivity index (χ1n) is 5.50. The van der Waals surface area contributed by atoms with Gasteiger partial charge in [-0.3, -0.25) is 0 Å². The second-order valence-corrected chi connectivity index (χ2v) is 4.61. The zero-order valence-corrected chi connectivity index (χ0v) is 11.0. The maximum atomic E-state index is 5.61. The van der Waals surface area contributed by atoms with Gasteiger partial charge >= 0.3 is 0 Å². The van der Waals surface area contributed by atoms with Gasteiger partial charge in [-0.15, -0.1) is 5.10 Å². The molecule has 0 atom stereocenters. The highest BCUT2D eigenvalue weighted by atomic mass is 79.9. The van der Waals surface area contributed by atoms with E-state index in [9.17, 15) is 0 Å². The predicted molar refractivity (Wildman–Crippen MR) is 71.5 cm³/mol. The van der Waals surface area contributed by atoms with Crippen molar-refractivity contribution in [2.24, 2.45) is 0 Å². The minimum Gasteiger partial charge on any atom is -0.486 e. The summed E-state index contributed by atoms with van der Waals surface area (Å²) < 4.78 is 8.26. The summed E-state index contributed by atoms with van der Waals surface area (Å²) in [5.41, 5.74) is 0.796. The van der Waals surface area contributed by atoms with Crippen molar-refractivity contribution >= 4 is 21.6 Å². The lowest BCUT2D eigenvalue weighted by Gasteiger charge is -2.01. The van der Waals surface area contributed by atoms with Crippen LogP contribution >= 0.6 is 15.9 Å². The Morgan fingerprint density at radius 1 is 1.11 bits per heavy atom. The lowest BCUT2D eigenvalue weighted by Crippen LogP contribution is -1.97. The Morgan fingerprint density at radius 3 is 2.72 bits per heavy atom. The maximum Gasteiger partial charge on any atom is 0.189 e. The zero-order valence-electron chi connectivity index (χ0n) is 9.45. The highest BCUT2D eigenvalue weighted by molar-refractivity contribution is 9.10. The number of hydrogen-bond donors (Lipinski definition) is 0. The lowest BCUT2D eigenvalue weighted by atomic mass is 10.3. The summed E-state index contributed by atoms with van der Waals surface area (Å²) in [6.07, 6.45) is 1.86. The minimum atomic E-state index is 0.359. The second kappa shape index (κ2) is 4.78. The van der Waals surface area contributed by atoms with E-state index in [1.54, 1.807) is 4.52 Å². The normalized spacial score (nSPS) is 10.7. The molecule has 0 fully saturated rings. The Hall–Kier alpha value is -1.88. The van der Waals surface area contributed by atoms with Gasteiger partial charge in [-0.2, -0.15) is 0 Å². The van der Waals surface area contributed by atoms with Crippen LogP contribution in [0.3, 0.4) is 0 Å². The van der Waals surface area contributed by atoms with E-state index in [-0.39, 0.29) is 0 Å².